The minimum absolute atomic E-state index is 0.975. The monoisotopic (exact) mass is 121 g/mol. The maximum absolute atomic E-state index is 12.0. The van der Waals surface area contributed by atoms with Gasteiger partial charge in [-0.25, -0.2) is 0 Å². The standard InChI is InChI=1S/C4H6FO3/c1-4(2,5)8-3(6)7/h1-2H3. The van der Waals surface area contributed by atoms with Crippen molar-refractivity contribution in [2.24, 2.45) is 0 Å². The number of alkyl halides is 1. The molecule has 3 nitrogen and oxygen atoms in total. The van der Waals surface area contributed by atoms with Gasteiger partial charge in [0.2, 0.25) is 5.85 Å². The molecule has 0 aromatic carbocycles. The van der Waals surface area contributed by atoms with Gasteiger partial charge in [0, 0.05) is 13.8 Å². The van der Waals surface area contributed by atoms with E-state index in [0.29, 0.717) is 0 Å². The maximum atomic E-state index is 12.0. The summed E-state index contributed by atoms with van der Waals surface area (Å²) < 4.78 is 15.6. The lowest BCUT2D eigenvalue weighted by Crippen LogP contribution is -2.19. The Kier molecular flexibility index (Phi) is 1.78. The van der Waals surface area contributed by atoms with Crippen LogP contribution in [0.2, 0.25) is 0 Å². The average Bonchev–Trinajstić information content (AvgIpc) is 1.21. The van der Waals surface area contributed by atoms with Crippen LogP contribution in [-0.2, 0) is 9.84 Å². The van der Waals surface area contributed by atoms with Crippen LogP contribution in [0.1, 0.15) is 13.8 Å². The van der Waals surface area contributed by atoms with E-state index in [1.54, 1.807) is 0 Å². The lowest BCUT2D eigenvalue weighted by molar-refractivity contribution is -0.0910. The van der Waals surface area contributed by atoms with E-state index in [0.717, 1.165) is 13.8 Å². The lowest BCUT2D eigenvalue weighted by Gasteiger charge is -2.09. The fourth-order valence-electron chi connectivity index (χ4n) is 0.198. The van der Waals surface area contributed by atoms with Crippen molar-refractivity contribution in [2.75, 3.05) is 0 Å². The predicted octanol–water partition coefficient (Wildman–Crippen LogP) is 1.26. The molecule has 1 radical (unpaired) electrons. The minimum atomic E-state index is -2.14. The first-order valence-electron chi connectivity index (χ1n) is 2.01. The van der Waals surface area contributed by atoms with Crippen LogP contribution in [0.3, 0.4) is 0 Å². The number of hydrogen-bond donors (Lipinski definition) is 0. The minimum Gasteiger partial charge on any atom is -0.395 e. The van der Waals surface area contributed by atoms with E-state index < -0.39 is 12.0 Å². The molecule has 0 amide bonds. The SMILES string of the molecule is CC(C)(F)OC([O])=O. The van der Waals surface area contributed by atoms with Crippen LogP contribution in [-0.4, -0.2) is 12.0 Å². The van der Waals surface area contributed by atoms with Gasteiger partial charge in [0.05, 0.1) is 0 Å². The third kappa shape index (κ3) is 5.20. The van der Waals surface area contributed by atoms with Crippen LogP contribution in [0.15, 0.2) is 0 Å². The van der Waals surface area contributed by atoms with Gasteiger partial charge in [0.1, 0.15) is 0 Å². The van der Waals surface area contributed by atoms with E-state index in [4.69, 9.17) is 0 Å². The quantitative estimate of drug-likeness (QED) is 0.490. The molecule has 0 aliphatic carbocycles. The first-order valence-corrected chi connectivity index (χ1v) is 2.01. The van der Waals surface area contributed by atoms with E-state index >= 15 is 0 Å². The van der Waals surface area contributed by atoms with E-state index in [2.05, 4.69) is 4.74 Å². The molecule has 47 valence electrons. The van der Waals surface area contributed by atoms with Crippen LogP contribution < -0.4 is 0 Å². The highest BCUT2D eigenvalue weighted by Crippen LogP contribution is 2.09. The van der Waals surface area contributed by atoms with Crippen molar-refractivity contribution < 1.29 is 19.0 Å². The molecule has 0 atom stereocenters. The highest BCUT2D eigenvalue weighted by atomic mass is 19.2. The number of carbonyl (C=O) groups excluding carboxylic acids is 1. The Balaban J connectivity index is 3.55. The van der Waals surface area contributed by atoms with Gasteiger partial charge in [0.15, 0.2) is 0 Å². The molecule has 0 rings (SSSR count). The summed E-state index contributed by atoms with van der Waals surface area (Å²) in [6.07, 6.45) is -1.85. The summed E-state index contributed by atoms with van der Waals surface area (Å²) in [5.74, 6) is -2.14. The molecule has 0 aromatic heterocycles. The van der Waals surface area contributed by atoms with Crippen LogP contribution in [0.4, 0.5) is 9.18 Å². The van der Waals surface area contributed by atoms with Crippen molar-refractivity contribution in [2.45, 2.75) is 19.7 Å². The molecule has 8 heavy (non-hydrogen) atoms. The zero-order chi connectivity index (χ0) is 6.78. The van der Waals surface area contributed by atoms with Crippen LogP contribution >= 0.6 is 0 Å². The van der Waals surface area contributed by atoms with Gasteiger partial charge in [-0.3, -0.25) is 0 Å². The molecule has 0 saturated heterocycles. The Hall–Kier alpha value is -0.800. The Morgan fingerprint density at radius 3 is 2.00 bits per heavy atom. The number of ether oxygens (including phenoxy) is 1. The Morgan fingerprint density at radius 1 is 1.62 bits per heavy atom. The second kappa shape index (κ2) is 1.98. The summed E-state index contributed by atoms with van der Waals surface area (Å²) in [6, 6.07) is 0. The Morgan fingerprint density at radius 2 is 2.00 bits per heavy atom. The van der Waals surface area contributed by atoms with Gasteiger partial charge < -0.3 is 4.74 Å². The number of hydrogen-bond acceptors (Lipinski definition) is 2. The summed E-state index contributed by atoms with van der Waals surface area (Å²) in [5.41, 5.74) is 0. The smallest absolute Gasteiger partial charge is 0.395 e. The van der Waals surface area contributed by atoms with Crippen molar-refractivity contribution in [3.05, 3.63) is 0 Å². The molecule has 0 fully saturated rings. The van der Waals surface area contributed by atoms with Crippen molar-refractivity contribution in [3.8, 4) is 0 Å². The van der Waals surface area contributed by atoms with Crippen molar-refractivity contribution in [1.82, 2.24) is 0 Å². The first kappa shape index (κ1) is 7.20. The van der Waals surface area contributed by atoms with Gasteiger partial charge in [-0.2, -0.15) is 14.3 Å². The summed E-state index contributed by atoms with van der Waals surface area (Å²) in [5, 5.41) is 9.44. The predicted molar refractivity (Wildman–Crippen MR) is 22.4 cm³/mol. The summed E-state index contributed by atoms with van der Waals surface area (Å²) in [6.45, 7) is 1.95. The van der Waals surface area contributed by atoms with Crippen LogP contribution in [0.25, 0.3) is 0 Å². The number of carbonyl (C=O) groups is 1. The van der Waals surface area contributed by atoms with Crippen molar-refractivity contribution >= 4 is 6.16 Å². The highest BCUT2D eigenvalue weighted by Gasteiger charge is 2.20. The van der Waals surface area contributed by atoms with Gasteiger partial charge >= 0.3 is 6.16 Å². The van der Waals surface area contributed by atoms with E-state index in [1.165, 1.54) is 0 Å². The van der Waals surface area contributed by atoms with Gasteiger partial charge in [-0.15, -0.1) is 0 Å². The molecule has 0 N–H and O–H groups in total. The lowest BCUT2D eigenvalue weighted by atomic mass is 10.4. The van der Waals surface area contributed by atoms with Gasteiger partial charge in [-0.05, 0) is 0 Å². The summed E-state index contributed by atoms with van der Waals surface area (Å²) >= 11 is 0. The van der Waals surface area contributed by atoms with Gasteiger partial charge in [0.25, 0.3) is 0 Å². The van der Waals surface area contributed by atoms with Crippen LogP contribution in [0, 0.1) is 0 Å². The molecule has 0 saturated carbocycles. The molecule has 0 spiro atoms. The summed E-state index contributed by atoms with van der Waals surface area (Å²) in [7, 11) is 0. The third-order valence-corrected chi connectivity index (χ3v) is 0.326. The molecule has 0 aliphatic rings. The largest absolute Gasteiger partial charge is 0.552 e. The molecule has 0 bridgehead atoms. The molecule has 0 aliphatic heterocycles. The normalized spacial score (nSPS) is 10.9. The fourth-order valence-corrected chi connectivity index (χ4v) is 0.198. The number of halogens is 1. The summed E-state index contributed by atoms with van der Waals surface area (Å²) in [4.78, 5) is 9.44. The topological polar surface area (TPSA) is 46.2 Å². The van der Waals surface area contributed by atoms with Crippen LogP contribution in [0.5, 0.6) is 0 Å². The molecular weight excluding hydrogens is 115 g/mol. The average molecular weight is 121 g/mol. The second-order valence-electron chi connectivity index (χ2n) is 1.72. The second-order valence-corrected chi connectivity index (χ2v) is 1.72. The number of rotatable bonds is 1. The van der Waals surface area contributed by atoms with Crippen molar-refractivity contribution in [1.29, 1.82) is 0 Å². The molecular formula is C4H6FO3. The Labute approximate surface area is 46.1 Å². The van der Waals surface area contributed by atoms with E-state index in [-0.39, 0.29) is 0 Å². The highest BCUT2D eigenvalue weighted by molar-refractivity contribution is 5.56. The van der Waals surface area contributed by atoms with Gasteiger partial charge in [-0.1, -0.05) is 0 Å². The zero-order valence-corrected chi connectivity index (χ0v) is 4.60. The molecule has 4 heteroatoms. The molecule has 0 unspecified atom stereocenters. The first-order chi connectivity index (χ1) is 3.42. The fraction of sp³-hybridized carbons (Fsp3) is 0.750. The zero-order valence-electron chi connectivity index (χ0n) is 4.60. The Bertz CT molecular complexity index is 93.9. The van der Waals surface area contributed by atoms with Crippen molar-refractivity contribution in [3.63, 3.8) is 0 Å². The molecule has 0 heterocycles. The maximum Gasteiger partial charge on any atom is 0.552 e. The van der Waals surface area contributed by atoms with E-state index in [9.17, 15) is 14.3 Å². The molecule has 0 aromatic rings. The third-order valence-electron chi connectivity index (χ3n) is 0.326. The van der Waals surface area contributed by atoms with E-state index in [1.807, 2.05) is 0 Å².